The maximum absolute atomic E-state index is 11.1. The normalized spacial score (nSPS) is 21.6. The van der Waals surface area contributed by atoms with Crippen molar-refractivity contribution in [2.24, 2.45) is 0 Å². The molecule has 0 radical (unpaired) electrons. The van der Waals surface area contributed by atoms with Crippen molar-refractivity contribution in [3.05, 3.63) is 32.8 Å². The molecular weight excluding hydrogens is 342 g/mol. The van der Waals surface area contributed by atoms with E-state index in [0.717, 1.165) is 19.3 Å². The van der Waals surface area contributed by atoms with Crippen molar-refractivity contribution in [1.82, 2.24) is 5.32 Å². The van der Waals surface area contributed by atoms with E-state index in [9.17, 15) is 14.9 Å². The third-order valence-electron chi connectivity index (χ3n) is 3.52. The zero-order chi connectivity index (χ0) is 15.4. The molecule has 0 unspecified atom stereocenters. The van der Waals surface area contributed by atoms with Gasteiger partial charge in [-0.15, -0.1) is 0 Å². The molecule has 1 saturated carbocycles. The number of hydrogen-bond donors (Lipinski definition) is 3. The molecule has 8 heteroatoms. The fraction of sp³-hybridized carbons (Fsp3) is 0.462. The molecule has 1 fully saturated rings. The van der Waals surface area contributed by atoms with Crippen LogP contribution in [0.2, 0.25) is 0 Å². The number of rotatable bonds is 4. The topological polar surface area (TPSA) is 104 Å². The van der Waals surface area contributed by atoms with Gasteiger partial charge in [0.15, 0.2) is 0 Å². The molecule has 114 valence electrons. The Labute approximate surface area is 130 Å². The van der Waals surface area contributed by atoms with Crippen molar-refractivity contribution in [3.8, 4) is 0 Å². The van der Waals surface area contributed by atoms with Crippen molar-refractivity contribution in [2.75, 3.05) is 5.32 Å². The molecule has 3 N–H and O–H groups in total. The molecule has 0 spiro atoms. The number of nitro benzene ring substituents is 1. The summed E-state index contributed by atoms with van der Waals surface area (Å²) in [6.07, 6.45) is 2.14. The Morgan fingerprint density at radius 3 is 2.76 bits per heavy atom. The predicted molar refractivity (Wildman–Crippen MR) is 81.6 cm³/mol. The summed E-state index contributed by atoms with van der Waals surface area (Å²) in [6, 6.07) is 4.78. The molecule has 1 aromatic carbocycles. The van der Waals surface area contributed by atoms with Gasteiger partial charge in [0.2, 0.25) is 0 Å². The van der Waals surface area contributed by atoms with Crippen LogP contribution in [0.5, 0.6) is 0 Å². The molecule has 21 heavy (non-hydrogen) atoms. The van der Waals surface area contributed by atoms with Crippen molar-refractivity contribution < 1.29 is 14.8 Å². The molecule has 0 saturated heterocycles. The second-order valence-corrected chi connectivity index (χ2v) is 5.99. The van der Waals surface area contributed by atoms with Gasteiger partial charge in [0.25, 0.3) is 5.69 Å². The molecule has 2 atom stereocenters. The van der Waals surface area contributed by atoms with Gasteiger partial charge in [-0.3, -0.25) is 10.1 Å². The Morgan fingerprint density at radius 1 is 1.38 bits per heavy atom. The van der Waals surface area contributed by atoms with E-state index < -0.39 is 11.0 Å². The number of nitro groups is 1. The van der Waals surface area contributed by atoms with E-state index in [0.29, 0.717) is 16.6 Å². The average molecular weight is 358 g/mol. The molecule has 2 rings (SSSR count). The lowest BCUT2D eigenvalue weighted by molar-refractivity contribution is -0.384. The number of carboxylic acid groups (broad SMARTS) is 1. The molecule has 0 heterocycles. The number of nitrogens with zero attached hydrogens (tertiary/aromatic N) is 1. The highest BCUT2D eigenvalue weighted by molar-refractivity contribution is 9.10. The summed E-state index contributed by atoms with van der Waals surface area (Å²) in [6.45, 7) is 0. The van der Waals surface area contributed by atoms with Crippen molar-refractivity contribution in [1.29, 1.82) is 0 Å². The predicted octanol–water partition coefficient (Wildman–Crippen LogP) is 3.35. The number of halogens is 1. The largest absolute Gasteiger partial charge is 0.465 e. The number of anilines is 1. The van der Waals surface area contributed by atoms with Gasteiger partial charge < -0.3 is 15.7 Å². The Morgan fingerprint density at radius 2 is 2.10 bits per heavy atom. The van der Waals surface area contributed by atoms with Gasteiger partial charge in [-0.05, 0) is 37.8 Å². The van der Waals surface area contributed by atoms with Crippen LogP contribution >= 0.6 is 15.9 Å². The van der Waals surface area contributed by atoms with E-state index in [-0.39, 0.29) is 17.8 Å². The summed E-state index contributed by atoms with van der Waals surface area (Å²) in [5, 5.41) is 25.5. The first-order valence-electron chi connectivity index (χ1n) is 6.65. The lowest BCUT2D eigenvalue weighted by Crippen LogP contribution is -2.41. The number of amides is 1. The van der Waals surface area contributed by atoms with Crippen molar-refractivity contribution >= 4 is 33.4 Å². The summed E-state index contributed by atoms with van der Waals surface area (Å²) in [4.78, 5) is 21.3. The van der Waals surface area contributed by atoms with Gasteiger partial charge in [0.05, 0.1) is 4.92 Å². The number of carbonyl (C=O) groups is 1. The fourth-order valence-corrected chi connectivity index (χ4v) is 2.97. The zero-order valence-electron chi connectivity index (χ0n) is 11.2. The number of hydrogen-bond acceptors (Lipinski definition) is 4. The highest BCUT2D eigenvalue weighted by Gasteiger charge is 2.25. The van der Waals surface area contributed by atoms with Crippen LogP contribution in [0.3, 0.4) is 0 Å². The first-order valence-corrected chi connectivity index (χ1v) is 7.45. The highest BCUT2D eigenvalue weighted by atomic mass is 79.9. The standard InChI is InChI=1S/C13H16BrN3O4/c14-8-4-5-11(12(6-8)17(20)21)15-9-2-1-3-10(7-9)16-13(18)19/h4-6,9-10,15-16H,1-3,7H2,(H,18,19)/t9-,10+/m0/s1. The third-order valence-corrected chi connectivity index (χ3v) is 4.01. The maximum Gasteiger partial charge on any atom is 0.404 e. The SMILES string of the molecule is O=C(O)N[C@@H]1CCC[C@H](Nc2ccc(Br)cc2[N+](=O)[O-])C1. The molecule has 0 bridgehead atoms. The summed E-state index contributed by atoms with van der Waals surface area (Å²) in [5.74, 6) is 0. The number of benzene rings is 1. The smallest absolute Gasteiger partial charge is 0.404 e. The fourth-order valence-electron chi connectivity index (χ4n) is 2.62. The van der Waals surface area contributed by atoms with Gasteiger partial charge in [0, 0.05) is 22.6 Å². The van der Waals surface area contributed by atoms with Crippen LogP contribution in [0.1, 0.15) is 25.7 Å². The van der Waals surface area contributed by atoms with E-state index >= 15 is 0 Å². The maximum atomic E-state index is 11.1. The molecule has 1 aliphatic rings. The molecule has 1 aromatic rings. The molecule has 0 aromatic heterocycles. The summed E-state index contributed by atoms with van der Waals surface area (Å²) < 4.78 is 0.647. The second-order valence-electron chi connectivity index (χ2n) is 5.07. The lowest BCUT2D eigenvalue weighted by atomic mass is 9.91. The van der Waals surface area contributed by atoms with Crippen LogP contribution in [0.4, 0.5) is 16.2 Å². The van der Waals surface area contributed by atoms with Gasteiger partial charge in [0.1, 0.15) is 5.69 Å². The van der Waals surface area contributed by atoms with Crippen LogP contribution in [0.15, 0.2) is 22.7 Å². The lowest BCUT2D eigenvalue weighted by Gasteiger charge is -2.30. The van der Waals surface area contributed by atoms with E-state index in [2.05, 4.69) is 26.6 Å². The third kappa shape index (κ3) is 4.32. The Bertz CT molecular complexity index is 552. The highest BCUT2D eigenvalue weighted by Crippen LogP contribution is 2.31. The van der Waals surface area contributed by atoms with Crippen LogP contribution in [-0.4, -0.2) is 28.2 Å². The van der Waals surface area contributed by atoms with Crippen LogP contribution < -0.4 is 10.6 Å². The molecule has 0 aliphatic heterocycles. The first-order chi connectivity index (χ1) is 9.95. The summed E-state index contributed by atoms with van der Waals surface area (Å²) in [5.41, 5.74) is 0.474. The Hall–Kier alpha value is -1.83. The van der Waals surface area contributed by atoms with Crippen LogP contribution in [-0.2, 0) is 0 Å². The quantitative estimate of drug-likeness (QED) is 0.566. The summed E-state index contributed by atoms with van der Waals surface area (Å²) >= 11 is 3.22. The number of nitrogens with one attached hydrogen (secondary N) is 2. The summed E-state index contributed by atoms with van der Waals surface area (Å²) in [7, 11) is 0. The molecule has 1 amide bonds. The van der Waals surface area contributed by atoms with E-state index in [4.69, 9.17) is 5.11 Å². The minimum absolute atomic E-state index is 0.0118. The Kier molecular flexibility index (Phi) is 5.00. The average Bonchev–Trinajstić information content (AvgIpc) is 2.40. The first kappa shape index (κ1) is 15.6. The van der Waals surface area contributed by atoms with E-state index in [1.165, 1.54) is 6.07 Å². The van der Waals surface area contributed by atoms with Crippen LogP contribution in [0, 0.1) is 10.1 Å². The van der Waals surface area contributed by atoms with Crippen LogP contribution in [0.25, 0.3) is 0 Å². The molecule has 1 aliphatic carbocycles. The minimum Gasteiger partial charge on any atom is -0.465 e. The van der Waals surface area contributed by atoms with Crippen molar-refractivity contribution in [2.45, 2.75) is 37.8 Å². The molecule has 7 nitrogen and oxygen atoms in total. The zero-order valence-corrected chi connectivity index (χ0v) is 12.8. The molecular formula is C13H16BrN3O4. The Balaban J connectivity index is 2.07. The second kappa shape index (κ2) is 6.75. The van der Waals surface area contributed by atoms with Crippen molar-refractivity contribution in [3.63, 3.8) is 0 Å². The van der Waals surface area contributed by atoms with Gasteiger partial charge >= 0.3 is 6.09 Å². The van der Waals surface area contributed by atoms with E-state index in [1.807, 2.05) is 0 Å². The van der Waals surface area contributed by atoms with Gasteiger partial charge in [-0.1, -0.05) is 15.9 Å². The van der Waals surface area contributed by atoms with Gasteiger partial charge in [-0.2, -0.15) is 0 Å². The minimum atomic E-state index is -1.03. The monoisotopic (exact) mass is 357 g/mol. The van der Waals surface area contributed by atoms with E-state index in [1.54, 1.807) is 12.1 Å². The van der Waals surface area contributed by atoms with Gasteiger partial charge in [-0.25, -0.2) is 4.79 Å².